The lowest BCUT2D eigenvalue weighted by Gasteiger charge is -2.02. The minimum absolute atomic E-state index is 0.294. The number of aromatic nitrogens is 3. The molecule has 4 nitrogen and oxygen atoms in total. The molecule has 0 aliphatic rings. The fraction of sp³-hybridized carbons (Fsp3) is 0.0769. The molecule has 0 atom stereocenters. The van der Waals surface area contributed by atoms with E-state index in [1.165, 1.54) is 12.1 Å². The van der Waals surface area contributed by atoms with E-state index < -0.39 is 0 Å². The summed E-state index contributed by atoms with van der Waals surface area (Å²) >= 11 is 0. The molecule has 0 bridgehead atoms. The number of ether oxygens (including phenoxy) is 1. The summed E-state index contributed by atoms with van der Waals surface area (Å²) < 4.78 is 20.1. The first-order valence-corrected chi connectivity index (χ1v) is 5.42. The molecule has 0 N–H and O–H groups in total. The quantitative estimate of drug-likeness (QED) is 0.694. The van der Waals surface area contributed by atoms with Crippen LogP contribution in [0, 0.1) is 5.82 Å². The zero-order valence-electron chi connectivity index (χ0n) is 9.67. The van der Waals surface area contributed by atoms with E-state index in [2.05, 4.69) is 10.2 Å². The third-order valence-electron chi connectivity index (χ3n) is 2.70. The van der Waals surface area contributed by atoms with Crippen LogP contribution in [0.2, 0.25) is 0 Å². The minimum atomic E-state index is -0.294. The summed E-state index contributed by atoms with van der Waals surface area (Å²) in [7, 11) is 1.59. The fourth-order valence-corrected chi connectivity index (χ4v) is 1.82. The van der Waals surface area contributed by atoms with Crippen molar-refractivity contribution < 1.29 is 9.13 Å². The molecule has 0 saturated carbocycles. The van der Waals surface area contributed by atoms with Crippen molar-refractivity contribution in [2.45, 2.75) is 0 Å². The van der Waals surface area contributed by atoms with Gasteiger partial charge in [-0.3, -0.25) is 4.40 Å². The van der Waals surface area contributed by atoms with Gasteiger partial charge in [0.2, 0.25) is 0 Å². The van der Waals surface area contributed by atoms with Crippen LogP contribution in [0.3, 0.4) is 0 Å². The van der Waals surface area contributed by atoms with E-state index in [4.69, 9.17) is 4.74 Å². The Morgan fingerprint density at radius 2 is 2.06 bits per heavy atom. The second-order valence-electron chi connectivity index (χ2n) is 3.83. The molecule has 0 amide bonds. The van der Waals surface area contributed by atoms with Crippen molar-refractivity contribution in [2.75, 3.05) is 7.11 Å². The minimum Gasteiger partial charge on any atom is -0.497 e. The van der Waals surface area contributed by atoms with Crippen molar-refractivity contribution in [3.8, 4) is 17.1 Å². The normalized spacial score (nSPS) is 10.8. The lowest BCUT2D eigenvalue weighted by Crippen LogP contribution is -1.91. The number of hydrogen-bond acceptors (Lipinski definition) is 3. The predicted octanol–water partition coefficient (Wildman–Crippen LogP) is 2.54. The van der Waals surface area contributed by atoms with Crippen molar-refractivity contribution >= 4 is 5.65 Å². The zero-order valence-corrected chi connectivity index (χ0v) is 9.67. The highest BCUT2D eigenvalue weighted by atomic mass is 19.1. The lowest BCUT2D eigenvalue weighted by atomic mass is 10.2. The van der Waals surface area contributed by atoms with Gasteiger partial charge in [0.25, 0.3) is 0 Å². The maximum atomic E-state index is 13.2. The molecule has 0 fully saturated rings. The number of methoxy groups -OCH3 is 1. The second kappa shape index (κ2) is 4.10. The average molecular weight is 243 g/mol. The van der Waals surface area contributed by atoms with Gasteiger partial charge in [-0.05, 0) is 18.2 Å². The lowest BCUT2D eigenvalue weighted by molar-refractivity contribution is 0.414. The maximum Gasteiger partial charge on any atom is 0.168 e. The molecule has 0 radical (unpaired) electrons. The SMILES string of the molecule is COc1ccn2c(-c3cccc(F)c3)nnc2c1. The van der Waals surface area contributed by atoms with Crippen molar-refractivity contribution in [3.05, 3.63) is 48.4 Å². The Balaban J connectivity index is 2.18. The highest BCUT2D eigenvalue weighted by Gasteiger charge is 2.09. The van der Waals surface area contributed by atoms with Gasteiger partial charge < -0.3 is 4.74 Å². The van der Waals surface area contributed by atoms with E-state index >= 15 is 0 Å². The fourth-order valence-electron chi connectivity index (χ4n) is 1.82. The van der Waals surface area contributed by atoms with Crippen LogP contribution >= 0.6 is 0 Å². The van der Waals surface area contributed by atoms with E-state index in [-0.39, 0.29) is 5.82 Å². The number of benzene rings is 1. The topological polar surface area (TPSA) is 39.4 Å². The average Bonchev–Trinajstić information content (AvgIpc) is 2.81. The molecule has 0 spiro atoms. The number of rotatable bonds is 2. The summed E-state index contributed by atoms with van der Waals surface area (Å²) in [6.45, 7) is 0. The first-order chi connectivity index (χ1) is 8.78. The highest BCUT2D eigenvalue weighted by Crippen LogP contribution is 2.21. The Hall–Kier alpha value is -2.43. The Bertz CT molecular complexity index is 708. The van der Waals surface area contributed by atoms with Crippen molar-refractivity contribution in [3.63, 3.8) is 0 Å². The molecule has 3 aromatic rings. The summed E-state index contributed by atoms with van der Waals surface area (Å²) in [6, 6.07) is 9.85. The van der Waals surface area contributed by atoms with E-state index in [1.54, 1.807) is 42.0 Å². The molecule has 0 aliphatic carbocycles. The van der Waals surface area contributed by atoms with Crippen LogP contribution in [0.25, 0.3) is 17.0 Å². The standard InChI is InChI=1S/C13H10FN3O/c1-18-11-5-6-17-12(8-11)15-16-13(17)9-3-2-4-10(14)7-9/h2-8H,1H3. The van der Waals surface area contributed by atoms with Crippen LogP contribution in [0.1, 0.15) is 0 Å². The molecule has 3 rings (SSSR count). The van der Waals surface area contributed by atoms with E-state index in [0.717, 1.165) is 0 Å². The van der Waals surface area contributed by atoms with Gasteiger partial charge >= 0.3 is 0 Å². The Morgan fingerprint density at radius 1 is 1.17 bits per heavy atom. The summed E-state index contributed by atoms with van der Waals surface area (Å²) in [6.07, 6.45) is 1.80. The molecule has 90 valence electrons. The number of nitrogens with zero attached hydrogens (tertiary/aromatic N) is 3. The number of hydrogen-bond donors (Lipinski definition) is 0. The van der Waals surface area contributed by atoms with Gasteiger partial charge in [-0.25, -0.2) is 4.39 Å². The Kier molecular flexibility index (Phi) is 2.44. The van der Waals surface area contributed by atoms with E-state index in [1.807, 2.05) is 0 Å². The molecule has 0 aliphatic heterocycles. The first-order valence-electron chi connectivity index (χ1n) is 5.42. The third kappa shape index (κ3) is 1.69. The van der Waals surface area contributed by atoms with Crippen molar-refractivity contribution in [2.24, 2.45) is 0 Å². The van der Waals surface area contributed by atoms with Crippen LogP contribution in [-0.2, 0) is 0 Å². The van der Waals surface area contributed by atoms with Gasteiger partial charge in [-0.2, -0.15) is 0 Å². The Morgan fingerprint density at radius 3 is 2.83 bits per heavy atom. The summed E-state index contributed by atoms with van der Waals surface area (Å²) in [5.74, 6) is 1.02. The second-order valence-corrected chi connectivity index (χ2v) is 3.83. The molecule has 0 saturated heterocycles. The first kappa shape index (κ1) is 10.7. The summed E-state index contributed by atoms with van der Waals surface area (Å²) in [5.41, 5.74) is 1.35. The number of fused-ring (bicyclic) bond motifs is 1. The van der Waals surface area contributed by atoms with E-state index in [0.29, 0.717) is 22.8 Å². The Labute approximate surface area is 103 Å². The van der Waals surface area contributed by atoms with E-state index in [9.17, 15) is 4.39 Å². The smallest absolute Gasteiger partial charge is 0.168 e. The van der Waals surface area contributed by atoms with Crippen molar-refractivity contribution in [1.82, 2.24) is 14.6 Å². The van der Waals surface area contributed by atoms with Crippen LogP contribution in [0.5, 0.6) is 5.75 Å². The van der Waals surface area contributed by atoms with Gasteiger partial charge in [0.15, 0.2) is 11.5 Å². The molecule has 18 heavy (non-hydrogen) atoms. The molecule has 5 heteroatoms. The van der Waals surface area contributed by atoms with Crippen LogP contribution in [-0.4, -0.2) is 21.7 Å². The molecular formula is C13H10FN3O. The van der Waals surface area contributed by atoms with Crippen LogP contribution in [0.15, 0.2) is 42.6 Å². The zero-order chi connectivity index (χ0) is 12.5. The van der Waals surface area contributed by atoms with Crippen LogP contribution in [0.4, 0.5) is 4.39 Å². The summed E-state index contributed by atoms with van der Waals surface area (Å²) in [4.78, 5) is 0. The van der Waals surface area contributed by atoms with Gasteiger partial charge in [0, 0.05) is 17.8 Å². The van der Waals surface area contributed by atoms with Gasteiger partial charge in [0.1, 0.15) is 11.6 Å². The van der Waals surface area contributed by atoms with Gasteiger partial charge in [-0.1, -0.05) is 12.1 Å². The monoisotopic (exact) mass is 243 g/mol. The predicted molar refractivity (Wildman–Crippen MR) is 64.9 cm³/mol. The van der Waals surface area contributed by atoms with Gasteiger partial charge in [-0.15, -0.1) is 10.2 Å². The largest absolute Gasteiger partial charge is 0.497 e. The number of halogens is 1. The molecular weight excluding hydrogens is 233 g/mol. The summed E-state index contributed by atoms with van der Waals surface area (Å²) in [5, 5.41) is 8.12. The molecule has 1 aromatic carbocycles. The van der Waals surface area contributed by atoms with Gasteiger partial charge in [0.05, 0.1) is 7.11 Å². The van der Waals surface area contributed by atoms with Crippen molar-refractivity contribution in [1.29, 1.82) is 0 Å². The molecule has 0 unspecified atom stereocenters. The number of pyridine rings is 1. The molecule has 2 heterocycles. The third-order valence-corrected chi connectivity index (χ3v) is 2.70. The maximum absolute atomic E-state index is 13.2. The highest BCUT2D eigenvalue weighted by molar-refractivity contribution is 5.60. The van der Waals surface area contributed by atoms with Crippen LogP contribution < -0.4 is 4.74 Å². The molecule has 2 aromatic heterocycles.